The summed E-state index contributed by atoms with van der Waals surface area (Å²) < 4.78 is 26.6. The van der Waals surface area contributed by atoms with Crippen LogP contribution in [0.3, 0.4) is 0 Å². The molecule has 1 unspecified atom stereocenters. The van der Waals surface area contributed by atoms with Crippen molar-refractivity contribution in [3.8, 4) is 0 Å². The smallest absolute Gasteiger partial charge is 0.113 e. The molecular formula is C9H7O3S-. The summed E-state index contributed by atoms with van der Waals surface area (Å²) in [5, 5.41) is 0. The molecule has 3 nitrogen and oxygen atoms in total. The lowest BCUT2D eigenvalue weighted by Gasteiger charge is -2.19. The van der Waals surface area contributed by atoms with Gasteiger partial charge in [0.05, 0.1) is 11.2 Å². The van der Waals surface area contributed by atoms with Gasteiger partial charge in [0.25, 0.3) is 0 Å². The fourth-order valence-electron chi connectivity index (χ4n) is 1.29. The Balaban J connectivity index is 2.53. The molecule has 2 rings (SSSR count). The van der Waals surface area contributed by atoms with E-state index in [0.29, 0.717) is 6.61 Å². The van der Waals surface area contributed by atoms with Crippen LogP contribution in [0.25, 0.3) is 4.91 Å². The van der Waals surface area contributed by atoms with Crippen LogP contribution in [0, 0.1) is 0 Å². The Morgan fingerprint density at radius 1 is 1.38 bits per heavy atom. The molecule has 1 aliphatic heterocycles. The fourth-order valence-corrected chi connectivity index (χ4v) is 1.81. The molecule has 0 N–H and O–H groups in total. The van der Waals surface area contributed by atoms with E-state index in [-0.39, 0.29) is 4.91 Å². The van der Waals surface area contributed by atoms with Crippen molar-refractivity contribution in [1.29, 1.82) is 0 Å². The minimum atomic E-state index is -2.23. The van der Waals surface area contributed by atoms with Crippen LogP contribution in [0.15, 0.2) is 30.5 Å². The molecule has 0 aliphatic carbocycles. The molecule has 0 saturated heterocycles. The highest BCUT2D eigenvalue weighted by atomic mass is 32.2. The van der Waals surface area contributed by atoms with Gasteiger partial charge in [0.15, 0.2) is 0 Å². The SMILES string of the molecule is O=S([O-])C1=COCc2ccccc21. The lowest BCUT2D eigenvalue weighted by molar-refractivity contribution is 0.233. The van der Waals surface area contributed by atoms with Crippen LogP contribution in [-0.2, 0) is 22.4 Å². The summed E-state index contributed by atoms with van der Waals surface area (Å²) in [6.07, 6.45) is 1.28. The van der Waals surface area contributed by atoms with Gasteiger partial charge in [-0.2, -0.15) is 0 Å². The first-order valence-corrected chi connectivity index (χ1v) is 4.86. The van der Waals surface area contributed by atoms with Crippen LogP contribution in [-0.4, -0.2) is 8.76 Å². The summed E-state index contributed by atoms with van der Waals surface area (Å²) >= 11 is -2.23. The Morgan fingerprint density at radius 3 is 2.92 bits per heavy atom. The summed E-state index contributed by atoms with van der Waals surface area (Å²) in [6, 6.07) is 7.30. The van der Waals surface area contributed by atoms with E-state index in [1.165, 1.54) is 6.26 Å². The van der Waals surface area contributed by atoms with E-state index >= 15 is 0 Å². The zero-order chi connectivity index (χ0) is 9.26. The second-order valence-electron chi connectivity index (χ2n) is 2.68. The van der Waals surface area contributed by atoms with Crippen LogP contribution < -0.4 is 0 Å². The zero-order valence-electron chi connectivity index (χ0n) is 6.73. The quantitative estimate of drug-likeness (QED) is 0.636. The third-order valence-electron chi connectivity index (χ3n) is 1.89. The number of hydrogen-bond donors (Lipinski definition) is 0. The minimum absolute atomic E-state index is 0.224. The first-order valence-electron chi connectivity index (χ1n) is 3.78. The molecule has 0 spiro atoms. The summed E-state index contributed by atoms with van der Waals surface area (Å²) in [7, 11) is 0. The highest BCUT2D eigenvalue weighted by Gasteiger charge is 2.12. The second-order valence-corrected chi connectivity index (χ2v) is 3.59. The molecule has 0 saturated carbocycles. The normalized spacial score (nSPS) is 16.8. The number of fused-ring (bicyclic) bond motifs is 1. The van der Waals surface area contributed by atoms with Gasteiger partial charge in [-0.05, 0) is 22.2 Å². The predicted octanol–water partition coefficient (Wildman–Crippen LogP) is 1.39. The van der Waals surface area contributed by atoms with Crippen molar-refractivity contribution in [1.82, 2.24) is 0 Å². The molecule has 1 aliphatic rings. The first kappa shape index (κ1) is 8.47. The number of benzene rings is 1. The van der Waals surface area contributed by atoms with Crippen LogP contribution in [0.1, 0.15) is 11.1 Å². The van der Waals surface area contributed by atoms with Crippen molar-refractivity contribution in [2.24, 2.45) is 0 Å². The van der Waals surface area contributed by atoms with Gasteiger partial charge in [0.2, 0.25) is 0 Å². The monoisotopic (exact) mass is 195 g/mol. The van der Waals surface area contributed by atoms with Gasteiger partial charge < -0.3 is 9.29 Å². The largest absolute Gasteiger partial charge is 0.768 e. The Hall–Kier alpha value is -1.13. The van der Waals surface area contributed by atoms with E-state index in [4.69, 9.17) is 4.74 Å². The molecule has 0 bridgehead atoms. The van der Waals surface area contributed by atoms with Crippen molar-refractivity contribution in [2.45, 2.75) is 6.61 Å². The maximum Gasteiger partial charge on any atom is 0.113 e. The van der Waals surface area contributed by atoms with E-state index in [0.717, 1.165) is 11.1 Å². The van der Waals surface area contributed by atoms with Gasteiger partial charge in [0, 0.05) is 0 Å². The molecular weight excluding hydrogens is 188 g/mol. The lowest BCUT2D eigenvalue weighted by Crippen LogP contribution is -2.04. The van der Waals surface area contributed by atoms with Gasteiger partial charge in [0.1, 0.15) is 6.61 Å². The summed E-state index contributed by atoms with van der Waals surface area (Å²) in [5.41, 5.74) is 1.64. The molecule has 0 radical (unpaired) electrons. The molecule has 0 amide bonds. The molecule has 1 heterocycles. The summed E-state index contributed by atoms with van der Waals surface area (Å²) in [4.78, 5) is 0.224. The van der Waals surface area contributed by atoms with E-state index in [2.05, 4.69) is 0 Å². The Labute approximate surface area is 78.3 Å². The van der Waals surface area contributed by atoms with E-state index in [9.17, 15) is 8.76 Å². The van der Waals surface area contributed by atoms with Gasteiger partial charge in [-0.3, -0.25) is 4.21 Å². The number of rotatable bonds is 1. The summed E-state index contributed by atoms with van der Waals surface area (Å²) in [6.45, 7) is 0.441. The molecule has 0 aromatic heterocycles. The molecule has 0 fully saturated rings. The minimum Gasteiger partial charge on any atom is -0.768 e. The maximum absolute atomic E-state index is 10.8. The van der Waals surface area contributed by atoms with Crippen LogP contribution in [0.4, 0.5) is 0 Å². The third-order valence-corrected chi connectivity index (χ3v) is 2.57. The average molecular weight is 195 g/mol. The standard InChI is InChI=1S/C9H8O3S/c10-13(11)9-6-12-5-7-3-1-2-4-8(7)9/h1-4,6H,5H2,(H,10,11)/p-1. The highest BCUT2D eigenvalue weighted by Crippen LogP contribution is 2.26. The Bertz CT molecular complexity index is 384. The number of ether oxygens (including phenoxy) is 1. The topological polar surface area (TPSA) is 49.4 Å². The maximum atomic E-state index is 10.8. The van der Waals surface area contributed by atoms with E-state index < -0.39 is 11.1 Å². The molecule has 68 valence electrons. The lowest BCUT2D eigenvalue weighted by atomic mass is 10.1. The third kappa shape index (κ3) is 1.50. The van der Waals surface area contributed by atoms with Crippen LogP contribution in [0.5, 0.6) is 0 Å². The van der Waals surface area contributed by atoms with Crippen LogP contribution in [0.2, 0.25) is 0 Å². The average Bonchev–Trinajstić information content (AvgIpc) is 2.17. The van der Waals surface area contributed by atoms with Crippen molar-refractivity contribution < 1.29 is 13.5 Å². The summed E-state index contributed by atoms with van der Waals surface area (Å²) in [5.74, 6) is 0. The van der Waals surface area contributed by atoms with Gasteiger partial charge in [-0.15, -0.1) is 0 Å². The zero-order valence-corrected chi connectivity index (χ0v) is 7.54. The van der Waals surface area contributed by atoms with E-state index in [1.807, 2.05) is 18.2 Å². The molecule has 1 atom stereocenters. The van der Waals surface area contributed by atoms with Crippen molar-refractivity contribution in [3.63, 3.8) is 0 Å². The van der Waals surface area contributed by atoms with Crippen molar-refractivity contribution in [2.75, 3.05) is 0 Å². The predicted molar refractivity (Wildman–Crippen MR) is 48.1 cm³/mol. The fraction of sp³-hybridized carbons (Fsp3) is 0.111. The molecule has 1 aromatic rings. The molecule has 13 heavy (non-hydrogen) atoms. The first-order chi connectivity index (χ1) is 6.29. The second kappa shape index (κ2) is 3.32. The van der Waals surface area contributed by atoms with Crippen molar-refractivity contribution in [3.05, 3.63) is 41.7 Å². The van der Waals surface area contributed by atoms with Crippen molar-refractivity contribution >= 4 is 16.0 Å². The Morgan fingerprint density at radius 2 is 2.15 bits per heavy atom. The van der Waals surface area contributed by atoms with Crippen LogP contribution >= 0.6 is 0 Å². The Kier molecular flexibility index (Phi) is 2.16. The van der Waals surface area contributed by atoms with Gasteiger partial charge in [-0.1, -0.05) is 24.3 Å². The van der Waals surface area contributed by atoms with E-state index in [1.54, 1.807) is 6.07 Å². The molecule has 1 aromatic carbocycles. The van der Waals surface area contributed by atoms with Gasteiger partial charge >= 0.3 is 0 Å². The van der Waals surface area contributed by atoms with Gasteiger partial charge in [-0.25, -0.2) is 0 Å². The number of hydrogen-bond acceptors (Lipinski definition) is 3. The highest BCUT2D eigenvalue weighted by molar-refractivity contribution is 7.89. The molecule has 4 heteroatoms.